The Kier molecular flexibility index (Phi) is 4.03. The topological polar surface area (TPSA) is 133 Å². The van der Waals surface area contributed by atoms with Crippen LogP contribution in [0.15, 0.2) is 42.5 Å². The first-order chi connectivity index (χ1) is 10.4. The molecule has 0 aliphatic carbocycles. The van der Waals surface area contributed by atoms with Gasteiger partial charge >= 0.3 is 5.97 Å². The number of benzene rings is 2. The zero-order valence-corrected chi connectivity index (χ0v) is 11.1. The van der Waals surface area contributed by atoms with Crippen LogP contribution in [-0.2, 0) is 0 Å². The molecule has 0 aliphatic heterocycles. The van der Waals surface area contributed by atoms with E-state index in [-0.39, 0.29) is 5.75 Å². The molecule has 0 heterocycles. The lowest BCUT2D eigenvalue weighted by Crippen LogP contribution is -2.18. The smallest absolute Gasteiger partial charge is 0.343 e. The summed E-state index contributed by atoms with van der Waals surface area (Å²) in [5, 5.41) is 20.1. The van der Waals surface area contributed by atoms with Gasteiger partial charge in [-0.3, -0.25) is 14.9 Å². The quantitative estimate of drug-likeness (QED) is 0.642. The fourth-order valence-electron chi connectivity index (χ4n) is 1.85. The van der Waals surface area contributed by atoms with Crippen molar-refractivity contribution in [3.63, 3.8) is 0 Å². The summed E-state index contributed by atoms with van der Waals surface area (Å²) in [7, 11) is 0. The molecule has 0 aliphatic rings. The van der Waals surface area contributed by atoms with Gasteiger partial charge in [-0.2, -0.15) is 0 Å². The molecule has 0 radical (unpaired) electrons. The molecule has 8 heteroatoms. The molecule has 0 fully saturated rings. The van der Waals surface area contributed by atoms with Crippen LogP contribution >= 0.6 is 0 Å². The van der Waals surface area contributed by atoms with Crippen molar-refractivity contribution in [2.24, 2.45) is 5.73 Å². The Balaban J connectivity index is 2.60. The van der Waals surface area contributed by atoms with E-state index in [0.717, 1.165) is 12.1 Å². The third-order valence-electron chi connectivity index (χ3n) is 2.75. The Morgan fingerprint density at radius 2 is 1.77 bits per heavy atom. The van der Waals surface area contributed by atoms with Gasteiger partial charge in [-0.25, -0.2) is 4.79 Å². The second-order valence-electron chi connectivity index (χ2n) is 4.21. The molecule has 0 unspecified atom stereocenters. The van der Waals surface area contributed by atoms with Gasteiger partial charge in [0.2, 0.25) is 5.91 Å². The van der Waals surface area contributed by atoms with E-state index in [1.165, 1.54) is 0 Å². The van der Waals surface area contributed by atoms with Gasteiger partial charge in [0, 0.05) is 0 Å². The van der Waals surface area contributed by atoms with Gasteiger partial charge in [0.25, 0.3) is 5.69 Å². The average Bonchev–Trinajstić information content (AvgIpc) is 2.47. The monoisotopic (exact) mass is 302 g/mol. The zero-order chi connectivity index (χ0) is 16.3. The van der Waals surface area contributed by atoms with E-state index in [1.54, 1.807) is 30.3 Å². The summed E-state index contributed by atoms with van der Waals surface area (Å²) in [6.07, 6.45) is 0. The van der Waals surface area contributed by atoms with E-state index in [4.69, 9.17) is 15.6 Å². The number of nitro benzene ring substituents is 1. The highest BCUT2D eigenvalue weighted by atomic mass is 16.6. The highest BCUT2D eigenvalue weighted by Crippen LogP contribution is 2.31. The molecule has 1 amide bonds. The normalized spacial score (nSPS) is 10.0. The van der Waals surface area contributed by atoms with Gasteiger partial charge in [0.15, 0.2) is 0 Å². The summed E-state index contributed by atoms with van der Waals surface area (Å²) >= 11 is 0. The fourth-order valence-corrected chi connectivity index (χ4v) is 1.85. The molecule has 112 valence electrons. The van der Waals surface area contributed by atoms with Gasteiger partial charge < -0.3 is 15.6 Å². The van der Waals surface area contributed by atoms with E-state index in [1.807, 2.05) is 0 Å². The van der Waals surface area contributed by atoms with E-state index >= 15 is 0 Å². The first-order valence-corrected chi connectivity index (χ1v) is 5.98. The Morgan fingerprint density at radius 1 is 1.14 bits per heavy atom. The second-order valence-corrected chi connectivity index (χ2v) is 4.21. The van der Waals surface area contributed by atoms with Crippen LogP contribution in [0.2, 0.25) is 0 Å². The van der Waals surface area contributed by atoms with Gasteiger partial charge in [0.05, 0.1) is 16.6 Å². The summed E-state index contributed by atoms with van der Waals surface area (Å²) in [5.41, 5.74) is 3.08. The van der Waals surface area contributed by atoms with Crippen LogP contribution < -0.4 is 10.5 Å². The number of para-hydroxylation sites is 1. The van der Waals surface area contributed by atoms with Crippen LogP contribution in [0, 0.1) is 10.1 Å². The molecule has 2 aromatic carbocycles. The van der Waals surface area contributed by atoms with Crippen molar-refractivity contribution in [2.45, 2.75) is 0 Å². The van der Waals surface area contributed by atoms with Crippen molar-refractivity contribution in [2.75, 3.05) is 0 Å². The summed E-state index contributed by atoms with van der Waals surface area (Å²) in [4.78, 5) is 32.7. The van der Waals surface area contributed by atoms with Crippen molar-refractivity contribution in [3.8, 4) is 11.5 Å². The number of ether oxygens (including phenoxy) is 1. The summed E-state index contributed by atoms with van der Waals surface area (Å²) in [6, 6.07) is 10.3. The van der Waals surface area contributed by atoms with Crippen LogP contribution in [0.25, 0.3) is 0 Å². The van der Waals surface area contributed by atoms with Crippen molar-refractivity contribution < 1.29 is 24.4 Å². The predicted octanol–water partition coefficient (Wildman–Crippen LogP) is 2.18. The molecule has 3 N–H and O–H groups in total. The molecule has 0 atom stereocenters. The minimum absolute atomic E-state index is 0.0586. The molecule has 2 rings (SSSR count). The van der Waals surface area contributed by atoms with Crippen molar-refractivity contribution >= 4 is 17.6 Å². The molecule has 0 aromatic heterocycles. The molecule has 22 heavy (non-hydrogen) atoms. The lowest BCUT2D eigenvalue weighted by molar-refractivity contribution is -0.385. The molecule has 8 nitrogen and oxygen atoms in total. The number of hydrogen-bond donors (Lipinski definition) is 2. The third kappa shape index (κ3) is 3.01. The number of amides is 1. The first-order valence-electron chi connectivity index (χ1n) is 5.98. The summed E-state index contributed by atoms with van der Waals surface area (Å²) < 4.78 is 5.39. The number of nitro groups is 1. The number of carboxylic acids is 1. The second kappa shape index (κ2) is 5.92. The Hall–Kier alpha value is -3.42. The Morgan fingerprint density at radius 3 is 2.27 bits per heavy atom. The molecule has 0 saturated heterocycles. The van der Waals surface area contributed by atoms with Gasteiger partial charge in [0.1, 0.15) is 17.1 Å². The number of nitrogens with two attached hydrogens (primary N) is 1. The maximum atomic E-state index is 11.4. The lowest BCUT2D eigenvalue weighted by Gasteiger charge is -2.09. The average molecular weight is 302 g/mol. The standard InChI is InChI=1S/C14H10N2O6/c15-13(17)10-6-9(22-8-4-2-1-3-5-8)7-11(16(20)21)12(10)14(18)19/h1-7H,(H2,15,17)(H,18,19). The van der Waals surface area contributed by atoms with Crippen LogP contribution in [0.5, 0.6) is 11.5 Å². The fraction of sp³-hybridized carbons (Fsp3) is 0. The number of nitrogens with zero attached hydrogens (tertiary/aromatic N) is 1. The van der Waals surface area contributed by atoms with E-state index in [0.29, 0.717) is 5.75 Å². The van der Waals surface area contributed by atoms with Crippen LogP contribution in [0.1, 0.15) is 20.7 Å². The first kappa shape index (κ1) is 15.0. The Bertz CT molecular complexity index is 722. The Labute approximate surface area is 123 Å². The van der Waals surface area contributed by atoms with Crippen molar-refractivity contribution in [3.05, 3.63) is 63.7 Å². The van der Waals surface area contributed by atoms with Gasteiger partial charge in [-0.05, 0) is 18.2 Å². The number of rotatable bonds is 5. The maximum absolute atomic E-state index is 11.4. The van der Waals surface area contributed by atoms with Crippen LogP contribution in [-0.4, -0.2) is 21.9 Å². The number of aromatic carboxylic acids is 1. The van der Waals surface area contributed by atoms with Crippen LogP contribution in [0.4, 0.5) is 5.69 Å². The lowest BCUT2D eigenvalue weighted by atomic mass is 10.0. The van der Waals surface area contributed by atoms with E-state index in [2.05, 4.69) is 0 Å². The number of hydrogen-bond acceptors (Lipinski definition) is 5. The molecule has 0 spiro atoms. The zero-order valence-electron chi connectivity index (χ0n) is 11.1. The number of carbonyl (C=O) groups is 2. The van der Waals surface area contributed by atoms with Gasteiger partial charge in [-0.15, -0.1) is 0 Å². The highest BCUT2D eigenvalue weighted by molar-refractivity contribution is 6.07. The molecule has 0 bridgehead atoms. The minimum Gasteiger partial charge on any atom is -0.477 e. The molecule has 0 saturated carbocycles. The van der Waals surface area contributed by atoms with Crippen LogP contribution in [0.3, 0.4) is 0 Å². The van der Waals surface area contributed by atoms with Crippen molar-refractivity contribution in [1.29, 1.82) is 0 Å². The SMILES string of the molecule is NC(=O)c1cc(Oc2ccccc2)cc([N+](=O)[O-])c1C(=O)O. The van der Waals surface area contributed by atoms with Gasteiger partial charge in [-0.1, -0.05) is 18.2 Å². The number of primary amides is 1. The predicted molar refractivity (Wildman–Crippen MR) is 75.1 cm³/mol. The summed E-state index contributed by atoms with van der Waals surface area (Å²) in [5.74, 6) is -2.40. The summed E-state index contributed by atoms with van der Waals surface area (Å²) in [6.45, 7) is 0. The van der Waals surface area contributed by atoms with E-state index < -0.39 is 33.6 Å². The largest absolute Gasteiger partial charge is 0.477 e. The molecule has 2 aromatic rings. The molecular formula is C14H10N2O6. The maximum Gasteiger partial charge on any atom is 0.343 e. The number of carbonyl (C=O) groups excluding carboxylic acids is 1. The minimum atomic E-state index is -1.62. The highest BCUT2D eigenvalue weighted by Gasteiger charge is 2.28. The molecular weight excluding hydrogens is 292 g/mol. The number of carboxylic acid groups (broad SMARTS) is 1. The van der Waals surface area contributed by atoms with E-state index in [9.17, 15) is 19.7 Å². The third-order valence-corrected chi connectivity index (χ3v) is 2.75. The van der Waals surface area contributed by atoms with Crippen molar-refractivity contribution in [1.82, 2.24) is 0 Å².